The van der Waals surface area contributed by atoms with Gasteiger partial charge in [-0.2, -0.15) is 4.98 Å². The Morgan fingerprint density at radius 1 is 1.25 bits per heavy atom. The second-order valence-electron chi connectivity index (χ2n) is 7.60. The first kappa shape index (κ1) is 18.6. The molecule has 1 aromatic heterocycles. The topological polar surface area (TPSA) is 88.8 Å². The first-order valence-corrected chi connectivity index (χ1v) is 9.45. The molecule has 1 fully saturated rings. The van der Waals surface area contributed by atoms with Crippen LogP contribution in [0, 0.1) is 6.92 Å². The van der Waals surface area contributed by atoms with Gasteiger partial charge in [0.25, 0.3) is 5.91 Å². The summed E-state index contributed by atoms with van der Waals surface area (Å²) in [4.78, 5) is 32.7. The molecule has 8 heteroatoms. The monoisotopic (exact) mass is 384 g/mol. The number of aromatic nitrogens is 2. The van der Waals surface area contributed by atoms with E-state index in [-0.39, 0.29) is 18.2 Å². The van der Waals surface area contributed by atoms with Gasteiger partial charge in [-0.05, 0) is 30.9 Å². The number of benzene rings is 1. The zero-order chi connectivity index (χ0) is 19.9. The van der Waals surface area contributed by atoms with Crippen molar-refractivity contribution in [2.45, 2.75) is 37.9 Å². The Labute approximate surface area is 163 Å². The van der Waals surface area contributed by atoms with Crippen LogP contribution >= 0.6 is 0 Å². The molecule has 1 aromatic carbocycles. The first-order valence-electron chi connectivity index (χ1n) is 9.45. The van der Waals surface area contributed by atoms with Crippen molar-refractivity contribution in [2.75, 3.05) is 27.2 Å². The Morgan fingerprint density at radius 3 is 2.61 bits per heavy atom. The molecular weight excluding hydrogens is 360 g/mol. The molecule has 28 heavy (non-hydrogen) atoms. The van der Waals surface area contributed by atoms with E-state index in [1.54, 1.807) is 30.8 Å². The number of hydrogen-bond acceptors (Lipinski definition) is 6. The minimum absolute atomic E-state index is 0.0364. The Morgan fingerprint density at radius 2 is 1.96 bits per heavy atom. The molecule has 1 saturated heterocycles. The number of carbonyl (C=O) groups is 2. The molecule has 1 spiro atoms. The van der Waals surface area contributed by atoms with Gasteiger partial charge in [0.2, 0.25) is 11.8 Å². The van der Waals surface area contributed by atoms with Gasteiger partial charge >= 0.3 is 0 Å². The van der Waals surface area contributed by atoms with E-state index < -0.39 is 11.7 Å². The molecule has 3 heterocycles. The van der Waals surface area contributed by atoms with Crippen LogP contribution in [0.1, 0.15) is 41.8 Å². The summed E-state index contributed by atoms with van der Waals surface area (Å²) in [5, 5.41) is 3.72. The molecule has 0 saturated carbocycles. The van der Waals surface area contributed by atoms with Crippen LogP contribution in [0.5, 0.6) is 0 Å². The van der Waals surface area contributed by atoms with Crippen LogP contribution in [-0.2, 0) is 26.3 Å². The van der Waals surface area contributed by atoms with E-state index in [1.165, 1.54) is 0 Å². The molecule has 1 atom stereocenters. The summed E-state index contributed by atoms with van der Waals surface area (Å²) in [6, 6.07) is 7.91. The molecule has 0 bridgehead atoms. The zero-order valence-corrected chi connectivity index (χ0v) is 16.3. The average molecular weight is 384 g/mol. The third kappa shape index (κ3) is 3.17. The van der Waals surface area contributed by atoms with Crippen LogP contribution in [0.15, 0.2) is 28.8 Å². The number of piperidine rings is 1. The molecule has 8 nitrogen and oxygen atoms in total. The highest BCUT2D eigenvalue weighted by atomic mass is 16.5. The van der Waals surface area contributed by atoms with Crippen molar-refractivity contribution in [3.63, 3.8) is 0 Å². The van der Waals surface area contributed by atoms with Gasteiger partial charge in [0.05, 0.1) is 5.60 Å². The third-order valence-electron chi connectivity index (χ3n) is 5.54. The fourth-order valence-corrected chi connectivity index (χ4v) is 4.07. The molecule has 0 radical (unpaired) electrons. The molecule has 148 valence electrons. The normalized spacial score (nSPS) is 20.2. The summed E-state index contributed by atoms with van der Waals surface area (Å²) in [5.74, 6) is 0.759. The van der Waals surface area contributed by atoms with E-state index in [4.69, 9.17) is 9.26 Å². The average Bonchev–Trinajstić information content (AvgIpc) is 3.23. The molecular formula is C20H24N4O4. The second-order valence-corrected chi connectivity index (χ2v) is 7.60. The molecule has 2 aliphatic heterocycles. The van der Waals surface area contributed by atoms with Gasteiger partial charge in [-0.3, -0.25) is 9.59 Å². The number of likely N-dealkylation sites (tertiary alicyclic amines) is 1. The highest BCUT2D eigenvalue weighted by molar-refractivity contribution is 5.83. The van der Waals surface area contributed by atoms with Crippen molar-refractivity contribution < 1.29 is 18.8 Å². The van der Waals surface area contributed by atoms with Crippen molar-refractivity contribution in [1.82, 2.24) is 19.9 Å². The standard InChI is InChI=1S/C20H24N4O4/c1-13-21-16(28-22-13)12-17(25)24-10-8-20(9-11-24)15-7-5-4-6-14(15)18(27-20)19(26)23(2)3/h4-7,18H,8-12H2,1-3H3/t18-/m1/s1. The molecule has 0 N–H and O–H groups in total. The minimum atomic E-state index is -0.588. The smallest absolute Gasteiger partial charge is 0.255 e. The lowest BCUT2D eigenvalue weighted by Crippen LogP contribution is -2.46. The Balaban J connectivity index is 1.49. The van der Waals surface area contributed by atoms with Crippen LogP contribution in [-0.4, -0.2) is 58.9 Å². The number of fused-ring (bicyclic) bond motifs is 2. The van der Waals surface area contributed by atoms with Crippen molar-refractivity contribution in [3.05, 3.63) is 47.1 Å². The molecule has 4 rings (SSSR count). The quantitative estimate of drug-likeness (QED) is 0.799. The Hall–Kier alpha value is -2.74. The van der Waals surface area contributed by atoms with E-state index in [1.807, 2.05) is 24.3 Å². The number of nitrogens with zero attached hydrogens (tertiary/aromatic N) is 4. The SMILES string of the molecule is Cc1noc(CC(=O)N2CCC3(CC2)O[C@@H](C(=O)N(C)C)c2ccccc23)n1. The van der Waals surface area contributed by atoms with E-state index in [0.29, 0.717) is 37.6 Å². The number of ether oxygens (including phenoxy) is 1. The van der Waals surface area contributed by atoms with Gasteiger partial charge in [0.15, 0.2) is 11.9 Å². The first-order chi connectivity index (χ1) is 13.4. The van der Waals surface area contributed by atoms with Gasteiger partial charge in [-0.15, -0.1) is 0 Å². The van der Waals surface area contributed by atoms with Crippen molar-refractivity contribution in [1.29, 1.82) is 0 Å². The van der Waals surface area contributed by atoms with Crippen LogP contribution in [0.3, 0.4) is 0 Å². The van der Waals surface area contributed by atoms with Crippen LogP contribution in [0.2, 0.25) is 0 Å². The van der Waals surface area contributed by atoms with E-state index >= 15 is 0 Å². The third-order valence-corrected chi connectivity index (χ3v) is 5.54. The lowest BCUT2D eigenvalue weighted by atomic mass is 9.83. The van der Waals surface area contributed by atoms with Crippen molar-refractivity contribution in [3.8, 4) is 0 Å². The van der Waals surface area contributed by atoms with Crippen molar-refractivity contribution >= 4 is 11.8 Å². The van der Waals surface area contributed by atoms with Gasteiger partial charge in [-0.1, -0.05) is 29.4 Å². The number of aryl methyl sites for hydroxylation is 1. The minimum Gasteiger partial charge on any atom is -0.352 e. The Kier molecular flexibility index (Phi) is 4.66. The summed E-state index contributed by atoms with van der Waals surface area (Å²) in [5.41, 5.74) is 1.47. The largest absolute Gasteiger partial charge is 0.352 e. The number of hydrogen-bond donors (Lipinski definition) is 0. The lowest BCUT2D eigenvalue weighted by molar-refractivity contribution is -0.161. The lowest BCUT2D eigenvalue weighted by Gasteiger charge is -2.39. The predicted molar refractivity (Wildman–Crippen MR) is 99.2 cm³/mol. The maximum Gasteiger partial charge on any atom is 0.255 e. The summed E-state index contributed by atoms with van der Waals surface area (Å²) in [7, 11) is 3.47. The zero-order valence-electron chi connectivity index (χ0n) is 16.3. The highest BCUT2D eigenvalue weighted by Gasteiger charge is 2.49. The molecule has 0 unspecified atom stereocenters. The van der Waals surface area contributed by atoms with Gasteiger partial charge in [0, 0.05) is 27.2 Å². The summed E-state index contributed by atoms with van der Waals surface area (Å²) < 4.78 is 11.4. The van der Waals surface area contributed by atoms with E-state index in [9.17, 15) is 9.59 Å². The van der Waals surface area contributed by atoms with Crippen LogP contribution in [0.25, 0.3) is 0 Å². The van der Waals surface area contributed by atoms with E-state index in [0.717, 1.165) is 11.1 Å². The van der Waals surface area contributed by atoms with Gasteiger partial charge < -0.3 is 19.1 Å². The maximum atomic E-state index is 12.6. The molecule has 2 amide bonds. The van der Waals surface area contributed by atoms with Gasteiger partial charge in [-0.25, -0.2) is 0 Å². The highest BCUT2D eigenvalue weighted by Crippen LogP contribution is 2.49. The summed E-state index contributed by atoms with van der Waals surface area (Å²) in [6.45, 7) is 2.84. The fraction of sp³-hybridized carbons (Fsp3) is 0.500. The number of carbonyl (C=O) groups excluding carboxylic acids is 2. The predicted octanol–water partition coefficient (Wildman–Crippen LogP) is 1.60. The fourth-order valence-electron chi connectivity index (χ4n) is 4.07. The maximum absolute atomic E-state index is 12.6. The summed E-state index contributed by atoms with van der Waals surface area (Å²) in [6.07, 6.45) is 0.813. The number of likely N-dealkylation sites (N-methyl/N-ethyl adjacent to an activating group) is 1. The van der Waals surface area contributed by atoms with Gasteiger partial charge in [0.1, 0.15) is 6.42 Å². The second kappa shape index (κ2) is 7.01. The van der Waals surface area contributed by atoms with Crippen LogP contribution in [0.4, 0.5) is 0 Å². The van der Waals surface area contributed by atoms with E-state index in [2.05, 4.69) is 10.1 Å². The Bertz CT molecular complexity index is 899. The molecule has 2 aliphatic rings. The summed E-state index contributed by atoms with van der Waals surface area (Å²) >= 11 is 0. The molecule has 2 aromatic rings. The van der Waals surface area contributed by atoms with Crippen molar-refractivity contribution in [2.24, 2.45) is 0 Å². The van der Waals surface area contributed by atoms with Crippen LogP contribution < -0.4 is 0 Å². The molecule has 0 aliphatic carbocycles. The number of amides is 2. The number of rotatable bonds is 3.